The Hall–Kier alpha value is -2.83. The number of ether oxygens (including phenoxy) is 2. The van der Waals surface area contributed by atoms with Gasteiger partial charge < -0.3 is 14.8 Å². The third-order valence-electron chi connectivity index (χ3n) is 5.40. The average molecular weight is 440 g/mol. The maximum atomic E-state index is 12.5. The third-order valence-corrected chi connectivity index (χ3v) is 5.64. The van der Waals surface area contributed by atoms with Crippen LogP contribution in [0.4, 0.5) is 5.82 Å². The fraction of sp³-hybridized carbons (Fsp3) is 0.333. The number of halogens is 1. The third kappa shape index (κ3) is 5.66. The Morgan fingerprint density at radius 3 is 2.74 bits per heavy atom. The number of nitrogens with one attached hydrogen (secondary N) is 1. The molecule has 0 unspecified atom stereocenters. The molecule has 1 aromatic heterocycles. The number of hydrogen-bond acceptors (Lipinski definition) is 4. The fourth-order valence-electron chi connectivity index (χ4n) is 3.63. The van der Waals surface area contributed by atoms with Gasteiger partial charge in [-0.25, -0.2) is 0 Å². The molecule has 0 spiro atoms. The highest BCUT2D eigenvalue weighted by Crippen LogP contribution is 2.26. The normalized spacial score (nSPS) is 14.4. The second-order valence-electron chi connectivity index (χ2n) is 7.73. The lowest BCUT2D eigenvalue weighted by Crippen LogP contribution is -2.28. The average Bonchev–Trinajstić information content (AvgIpc) is 3.13. The van der Waals surface area contributed by atoms with Crippen molar-refractivity contribution >= 4 is 23.3 Å². The van der Waals surface area contributed by atoms with Crippen molar-refractivity contribution in [3.63, 3.8) is 0 Å². The van der Waals surface area contributed by atoms with Gasteiger partial charge in [0.1, 0.15) is 12.4 Å². The largest absolute Gasteiger partial charge is 0.489 e. The van der Waals surface area contributed by atoms with Crippen molar-refractivity contribution < 1.29 is 14.3 Å². The van der Waals surface area contributed by atoms with Crippen molar-refractivity contribution in [3.8, 4) is 5.75 Å². The second-order valence-corrected chi connectivity index (χ2v) is 8.17. The number of nitrogens with zero attached hydrogens (tertiary/aromatic N) is 2. The Labute approximate surface area is 187 Å². The molecule has 2 aromatic carbocycles. The molecule has 1 amide bonds. The number of carbonyl (C=O) groups excluding carboxylic acids is 1. The number of hydrogen-bond donors (Lipinski definition) is 1. The van der Waals surface area contributed by atoms with E-state index in [0.717, 1.165) is 35.4 Å². The molecule has 4 rings (SSSR count). The van der Waals surface area contributed by atoms with Crippen molar-refractivity contribution in [2.45, 2.75) is 32.9 Å². The molecule has 0 aliphatic carbocycles. The quantitative estimate of drug-likeness (QED) is 0.572. The van der Waals surface area contributed by atoms with Crippen LogP contribution in [0.5, 0.6) is 5.75 Å². The molecular formula is C24H26ClN3O3. The molecule has 6 nitrogen and oxygen atoms in total. The summed E-state index contributed by atoms with van der Waals surface area (Å²) in [6.45, 7) is 4.19. The van der Waals surface area contributed by atoms with Gasteiger partial charge in [-0.05, 0) is 43.5 Å². The van der Waals surface area contributed by atoms with E-state index in [2.05, 4.69) is 10.4 Å². The standard InChI is InChI=1S/C24H26ClN3O3/c1-17-13-23(26-24(29)19-9-11-30-12-10-19)27-28(17)15-20-14-21(25)7-8-22(20)31-16-18-5-3-2-4-6-18/h2-8,13-14,19H,9-12,15-16H2,1H3,(H,26,27,29). The highest BCUT2D eigenvalue weighted by molar-refractivity contribution is 6.30. The highest BCUT2D eigenvalue weighted by Gasteiger charge is 2.22. The van der Waals surface area contributed by atoms with Crippen LogP contribution in [0.2, 0.25) is 5.02 Å². The molecule has 0 atom stereocenters. The number of benzene rings is 2. The molecule has 2 heterocycles. The summed E-state index contributed by atoms with van der Waals surface area (Å²) in [6, 6.07) is 17.5. The van der Waals surface area contributed by atoms with E-state index < -0.39 is 0 Å². The Morgan fingerprint density at radius 1 is 1.19 bits per heavy atom. The Morgan fingerprint density at radius 2 is 1.97 bits per heavy atom. The molecule has 0 bridgehead atoms. The number of carbonyl (C=O) groups is 1. The summed E-state index contributed by atoms with van der Waals surface area (Å²) < 4.78 is 13.2. The Bertz CT molecular complexity index is 1030. The van der Waals surface area contributed by atoms with Gasteiger partial charge in [-0.15, -0.1) is 0 Å². The van der Waals surface area contributed by atoms with Gasteiger partial charge in [-0.3, -0.25) is 9.48 Å². The smallest absolute Gasteiger partial charge is 0.228 e. The number of aromatic nitrogens is 2. The summed E-state index contributed by atoms with van der Waals surface area (Å²) >= 11 is 6.25. The van der Waals surface area contributed by atoms with E-state index in [1.165, 1.54) is 0 Å². The van der Waals surface area contributed by atoms with E-state index in [-0.39, 0.29) is 11.8 Å². The lowest BCUT2D eigenvalue weighted by atomic mass is 9.99. The van der Waals surface area contributed by atoms with Crippen LogP contribution in [0.1, 0.15) is 29.7 Å². The SMILES string of the molecule is Cc1cc(NC(=O)C2CCOCC2)nn1Cc1cc(Cl)ccc1OCc1ccccc1. The molecule has 1 saturated heterocycles. The van der Waals surface area contributed by atoms with Gasteiger partial charge in [-0.1, -0.05) is 41.9 Å². The van der Waals surface area contributed by atoms with Gasteiger partial charge in [0, 0.05) is 41.5 Å². The first-order valence-electron chi connectivity index (χ1n) is 10.5. The predicted molar refractivity (Wildman–Crippen MR) is 120 cm³/mol. The molecule has 1 N–H and O–H groups in total. The van der Waals surface area contributed by atoms with Gasteiger partial charge in [0.05, 0.1) is 6.54 Å². The van der Waals surface area contributed by atoms with Gasteiger partial charge in [0.25, 0.3) is 0 Å². The summed E-state index contributed by atoms with van der Waals surface area (Å²) in [4.78, 5) is 12.5. The molecule has 1 aliphatic rings. The van der Waals surface area contributed by atoms with Crippen LogP contribution >= 0.6 is 11.6 Å². The molecule has 31 heavy (non-hydrogen) atoms. The van der Waals surface area contributed by atoms with Crippen LogP contribution in [-0.4, -0.2) is 28.9 Å². The van der Waals surface area contributed by atoms with E-state index in [9.17, 15) is 4.79 Å². The van der Waals surface area contributed by atoms with E-state index in [4.69, 9.17) is 21.1 Å². The number of rotatable bonds is 7. The Kier molecular flexibility index (Phi) is 6.89. The molecule has 7 heteroatoms. The van der Waals surface area contributed by atoms with Crippen LogP contribution in [0.25, 0.3) is 0 Å². The van der Waals surface area contributed by atoms with Gasteiger partial charge >= 0.3 is 0 Å². The zero-order chi connectivity index (χ0) is 21.6. The first-order valence-corrected chi connectivity index (χ1v) is 10.8. The van der Waals surface area contributed by atoms with Crippen LogP contribution in [0.3, 0.4) is 0 Å². The predicted octanol–water partition coefficient (Wildman–Crippen LogP) is 4.84. The maximum absolute atomic E-state index is 12.5. The summed E-state index contributed by atoms with van der Waals surface area (Å²) in [5.41, 5.74) is 2.96. The summed E-state index contributed by atoms with van der Waals surface area (Å²) in [5.74, 6) is 1.30. The molecular weight excluding hydrogens is 414 g/mol. The molecule has 3 aromatic rings. The van der Waals surface area contributed by atoms with Crippen molar-refractivity contribution in [1.82, 2.24) is 9.78 Å². The molecule has 1 fully saturated rings. The van der Waals surface area contributed by atoms with Crippen LogP contribution in [0, 0.1) is 12.8 Å². The summed E-state index contributed by atoms with van der Waals surface area (Å²) in [7, 11) is 0. The fourth-order valence-corrected chi connectivity index (χ4v) is 3.82. The number of anilines is 1. The molecule has 0 radical (unpaired) electrons. The zero-order valence-corrected chi connectivity index (χ0v) is 18.3. The molecule has 0 saturated carbocycles. The minimum atomic E-state index is -0.0230. The number of amides is 1. The molecule has 1 aliphatic heterocycles. The van der Waals surface area contributed by atoms with E-state index in [1.807, 2.05) is 66.2 Å². The summed E-state index contributed by atoms with van der Waals surface area (Å²) in [5, 5.41) is 8.17. The molecule has 162 valence electrons. The lowest BCUT2D eigenvalue weighted by Gasteiger charge is -2.20. The minimum absolute atomic E-state index is 0.00240. The van der Waals surface area contributed by atoms with Gasteiger partial charge in [0.2, 0.25) is 5.91 Å². The van der Waals surface area contributed by atoms with E-state index in [0.29, 0.717) is 37.2 Å². The summed E-state index contributed by atoms with van der Waals surface area (Å²) in [6.07, 6.45) is 1.49. The minimum Gasteiger partial charge on any atom is -0.489 e. The zero-order valence-electron chi connectivity index (χ0n) is 17.5. The van der Waals surface area contributed by atoms with Crippen LogP contribution in [0.15, 0.2) is 54.6 Å². The highest BCUT2D eigenvalue weighted by atomic mass is 35.5. The first-order chi connectivity index (χ1) is 15.1. The second kappa shape index (κ2) is 9.98. The Balaban J connectivity index is 1.46. The number of aryl methyl sites for hydroxylation is 1. The van der Waals surface area contributed by atoms with Crippen LogP contribution in [-0.2, 0) is 22.7 Å². The van der Waals surface area contributed by atoms with Crippen molar-refractivity contribution in [3.05, 3.63) is 76.4 Å². The van der Waals surface area contributed by atoms with Crippen LogP contribution < -0.4 is 10.1 Å². The topological polar surface area (TPSA) is 65.4 Å². The van der Waals surface area contributed by atoms with E-state index in [1.54, 1.807) is 0 Å². The maximum Gasteiger partial charge on any atom is 0.228 e. The lowest BCUT2D eigenvalue weighted by molar-refractivity contribution is -0.122. The monoisotopic (exact) mass is 439 g/mol. The van der Waals surface area contributed by atoms with Gasteiger partial charge in [-0.2, -0.15) is 5.10 Å². The first kappa shape index (κ1) is 21.4. The van der Waals surface area contributed by atoms with E-state index >= 15 is 0 Å². The van der Waals surface area contributed by atoms with Crippen molar-refractivity contribution in [1.29, 1.82) is 0 Å². The van der Waals surface area contributed by atoms with Crippen molar-refractivity contribution in [2.24, 2.45) is 5.92 Å². The van der Waals surface area contributed by atoms with Gasteiger partial charge in [0.15, 0.2) is 5.82 Å². The van der Waals surface area contributed by atoms with Crippen molar-refractivity contribution in [2.75, 3.05) is 18.5 Å².